The summed E-state index contributed by atoms with van der Waals surface area (Å²) in [6, 6.07) is 14.0. The van der Waals surface area contributed by atoms with Crippen molar-refractivity contribution in [1.82, 2.24) is 5.32 Å². The number of benzene rings is 2. The molecule has 2 aromatic rings. The zero-order valence-corrected chi connectivity index (χ0v) is 13.5. The van der Waals surface area contributed by atoms with Gasteiger partial charge >= 0.3 is 0 Å². The van der Waals surface area contributed by atoms with E-state index in [1.54, 1.807) is 30.3 Å². The summed E-state index contributed by atoms with van der Waals surface area (Å²) in [5.74, 6) is -1.03. The molecule has 0 aliphatic carbocycles. The van der Waals surface area contributed by atoms with Crippen LogP contribution in [-0.4, -0.2) is 26.8 Å². The van der Waals surface area contributed by atoms with Crippen molar-refractivity contribution in [2.45, 2.75) is 11.3 Å². The number of nitrogens with two attached hydrogens (primary N) is 1. The van der Waals surface area contributed by atoms with Gasteiger partial charge in [0.15, 0.2) is 0 Å². The Morgan fingerprint density at radius 2 is 1.58 bits per heavy atom. The SMILES string of the molecule is NC(=O)CCNC(=O)c1ccccc1NS(=O)(=O)c1ccccc1. The van der Waals surface area contributed by atoms with Gasteiger partial charge in [0.2, 0.25) is 5.91 Å². The molecule has 0 atom stereocenters. The number of primary amides is 1. The minimum Gasteiger partial charge on any atom is -0.370 e. The predicted octanol–water partition coefficient (Wildman–Crippen LogP) is 1.09. The normalized spacial score (nSPS) is 10.8. The Labute approximate surface area is 139 Å². The molecule has 0 fully saturated rings. The average Bonchev–Trinajstić information content (AvgIpc) is 2.55. The highest BCUT2D eigenvalue weighted by molar-refractivity contribution is 7.92. The number of carbonyl (C=O) groups excluding carboxylic acids is 2. The molecule has 2 aromatic carbocycles. The number of anilines is 1. The van der Waals surface area contributed by atoms with Gasteiger partial charge in [-0.05, 0) is 24.3 Å². The molecular formula is C16H17N3O4S. The maximum atomic E-state index is 12.4. The molecule has 0 heterocycles. The molecule has 126 valence electrons. The zero-order valence-electron chi connectivity index (χ0n) is 12.7. The largest absolute Gasteiger partial charge is 0.370 e. The second-order valence-corrected chi connectivity index (χ2v) is 6.62. The zero-order chi connectivity index (χ0) is 17.6. The fourth-order valence-corrected chi connectivity index (χ4v) is 3.07. The van der Waals surface area contributed by atoms with E-state index in [-0.39, 0.29) is 29.1 Å². The van der Waals surface area contributed by atoms with Crippen LogP contribution in [0, 0.1) is 0 Å². The molecular weight excluding hydrogens is 330 g/mol. The molecule has 0 aliphatic heterocycles. The quantitative estimate of drug-likeness (QED) is 0.695. The van der Waals surface area contributed by atoms with Crippen molar-refractivity contribution in [3.63, 3.8) is 0 Å². The van der Waals surface area contributed by atoms with E-state index < -0.39 is 21.8 Å². The molecule has 0 aromatic heterocycles. The first-order valence-electron chi connectivity index (χ1n) is 7.13. The number of carbonyl (C=O) groups is 2. The van der Waals surface area contributed by atoms with Crippen LogP contribution in [-0.2, 0) is 14.8 Å². The Bertz CT molecular complexity index is 835. The van der Waals surface area contributed by atoms with Gasteiger partial charge in [0.05, 0.1) is 16.1 Å². The molecule has 0 aliphatic rings. The number of hydrogen-bond acceptors (Lipinski definition) is 4. The number of para-hydroxylation sites is 1. The second-order valence-electron chi connectivity index (χ2n) is 4.94. The van der Waals surface area contributed by atoms with Crippen LogP contribution in [0.25, 0.3) is 0 Å². The van der Waals surface area contributed by atoms with E-state index in [0.29, 0.717) is 0 Å². The molecule has 24 heavy (non-hydrogen) atoms. The van der Waals surface area contributed by atoms with Gasteiger partial charge in [-0.2, -0.15) is 0 Å². The van der Waals surface area contributed by atoms with Gasteiger partial charge in [-0.15, -0.1) is 0 Å². The number of sulfonamides is 1. The van der Waals surface area contributed by atoms with Crippen LogP contribution in [0.5, 0.6) is 0 Å². The summed E-state index contributed by atoms with van der Waals surface area (Å²) >= 11 is 0. The molecule has 2 rings (SSSR count). The van der Waals surface area contributed by atoms with E-state index in [1.807, 2.05) is 0 Å². The monoisotopic (exact) mass is 347 g/mol. The lowest BCUT2D eigenvalue weighted by Crippen LogP contribution is -2.28. The summed E-state index contributed by atoms with van der Waals surface area (Å²) in [5.41, 5.74) is 5.32. The highest BCUT2D eigenvalue weighted by Gasteiger charge is 2.18. The molecule has 0 saturated heterocycles. The van der Waals surface area contributed by atoms with Gasteiger partial charge in [-0.3, -0.25) is 14.3 Å². The number of rotatable bonds is 7. The van der Waals surface area contributed by atoms with Gasteiger partial charge < -0.3 is 11.1 Å². The van der Waals surface area contributed by atoms with Crippen LogP contribution >= 0.6 is 0 Å². The van der Waals surface area contributed by atoms with Gasteiger partial charge in [0.25, 0.3) is 15.9 Å². The van der Waals surface area contributed by atoms with Crippen molar-refractivity contribution in [2.24, 2.45) is 5.73 Å². The third-order valence-electron chi connectivity index (χ3n) is 3.13. The highest BCUT2D eigenvalue weighted by Crippen LogP contribution is 2.20. The summed E-state index contributed by atoms with van der Waals surface area (Å²) in [5, 5.41) is 2.52. The molecule has 0 saturated carbocycles. The van der Waals surface area contributed by atoms with Crippen molar-refractivity contribution in [3.05, 3.63) is 60.2 Å². The van der Waals surface area contributed by atoms with Gasteiger partial charge in [-0.25, -0.2) is 8.42 Å². The maximum Gasteiger partial charge on any atom is 0.261 e. The topological polar surface area (TPSA) is 118 Å². The van der Waals surface area contributed by atoms with Crippen LogP contribution < -0.4 is 15.8 Å². The maximum absolute atomic E-state index is 12.4. The fourth-order valence-electron chi connectivity index (χ4n) is 1.97. The van der Waals surface area contributed by atoms with E-state index in [4.69, 9.17) is 5.73 Å². The first-order valence-corrected chi connectivity index (χ1v) is 8.62. The first kappa shape index (κ1) is 17.5. The summed E-state index contributed by atoms with van der Waals surface area (Å²) < 4.78 is 27.2. The Kier molecular flexibility index (Phi) is 5.54. The Morgan fingerprint density at radius 3 is 2.25 bits per heavy atom. The number of amides is 2. The molecule has 4 N–H and O–H groups in total. The van der Waals surface area contributed by atoms with Crippen LogP contribution in [0.2, 0.25) is 0 Å². The Balaban J connectivity index is 2.20. The molecule has 7 nitrogen and oxygen atoms in total. The summed E-state index contributed by atoms with van der Waals surface area (Å²) in [4.78, 5) is 23.0. The summed E-state index contributed by atoms with van der Waals surface area (Å²) in [6.45, 7) is 0.0773. The minimum atomic E-state index is -3.81. The fraction of sp³-hybridized carbons (Fsp3) is 0.125. The lowest BCUT2D eigenvalue weighted by molar-refractivity contribution is -0.117. The third-order valence-corrected chi connectivity index (χ3v) is 4.51. The lowest BCUT2D eigenvalue weighted by Gasteiger charge is -2.12. The first-order chi connectivity index (χ1) is 11.4. The Hall–Kier alpha value is -2.87. The lowest BCUT2D eigenvalue weighted by atomic mass is 10.1. The van der Waals surface area contributed by atoms with Crippen molar-refractivity contribution in [1.29, 1.82) is 0 Å². The van der Waals surface area contributed by atoms with Gasteiger partial charge in [0, 0.05) is 13.0 Å². The Morgan fingerprint density at radius 1 is 0.958 bits per heavy atom. The average molecular weight is 347 g/mol. The van der Waals surface area contributed by atoms with Crippen molar-refractivity contribution >= 4 is 27.5 Å². The molecule has 0 unspecified atom stereocenters. The number of hydrogen-bond donors (Lipinski definition) is 3. The van der Waals surface area contributed by atoms with Crippen LogP contribution in [0.4, 0.5) is 5.69 Å². The third kappa shape index (κ3) is 4.56. The number of nitrogens with one attached hydrogen (secondary N) is 2. The summed E-state index contributed by atoms with van der Waals surface area (Å²) in [7, 11) is -3.81. The van der Waals surface area contributed by atoms with Crippen molar-refractivity contribution in [3.8, 4) is 0 Å². The van der Waals surface area contributed by atoms with Crippen LogP contribution in [0.1, 0.15) is 16.8 Å². The standard InChI is InChI=1S/C16H17N3O4S/c17-15(20)10-11-18-16(21)13-8-4-5-9-14(13)19-24(22,23)12-6-2-1-3-7-12/h1-9,19H,10-11H2,(H2,17,20)(H,18,21). The minimum absolute atomic E-state index is 0.00362. The van der Waals surface area contributed by atoms with Gasteiger partial charge in [-0.1, -0.05) is 30.3 Å². The summed E-state index contributed by atoms with van der Waals surface area (Å²) in [6.07, 6.45) is 0.00362. The molecule has 0 radical (unpaired) electrons. The van der Waals surface area contributed by atoms with E-state index in [0.717, 1.165) is 0 Å². The molecule has 2 amide bonds. The second kappa shape index (κ2) is 7.60. The van der Waals surface area contributed by atoms with E-state index in [2.05, 4.69) is 10.0 Å². The molecule has 0 bridgehead atoms. The van der Waals surface area contributed by atoms with Crippen molar-refractivity contribution in [2.75, 3.05) is 11.3 Å². The molecule has 0 spiro atoms. The van der Waals surface area contributed by atoms with Crippen LogP contribution in [0.15, 0.2) is 59.5 Å². The van der Waals surface area contributed by atoms with Crippen molar-refractivity contribution < 1.29 is 18.0 Å². The van der Waals surface area contributed by atoms with Crippen LogP contribution in [0.3, 0.4) is 0 Å². The van der Waals surface area contributed by atoms with Gasteiger partial charge in [0.1, 0.15) is 0 Å². The predicted molar refractivity (Wildman–Crippen MR) is 89.8 cm³/mol. The van der Waals surface area contributed by atoms with E-state index >= 15 is 0 Å². The highest BCUT2D eigenvalue weighted by atomic mass is 32.2. The van der Waals surface area contributed by atoms with E-state index in [1.165, 1.54) is 24.3 Å². The molecule has 8 heteroatoms. The van der Waals surface area contributed by atoms with E-state index in [9.17, 15) is 18.0 Å². The smallest absolute Gasteiger partial charge is 0.261 e.